The Morgan fingerprint density at radius 2 is 1.88 bits per heavy atom. The molecule has 0 spiro atoms. The normalized spacial score (nSPS) is 25.7. The van der Waals surface area contributed by atoms with Crippen LogP contribution in [0.4, 0.5) is 9.18 Å². The number of nitrogens with one attached hydrogen (secondary N) is 3. The van der Waals surface area contributed by atoms with Crippen molar-refractivity contribution in [1.29, 1.82) is 0 Å². The largest absolute Gasteiger partial charge is 0.410 e. The smallest absolute Gasteiger partial charge is 0.407 e. The monoisotopic (exact) mass is 814 g/mol. The van der Waals surface area contributed by atoms with Gasteiger partial charge >= 0.3 is 6.09 Å². The van der Waals surface area contributed by atoms with E-state index in [9.17, 15) is 24.3 Å². The lowest BCUT2D eigenvalue weighted by atomic mass is 9.92. The summed E-state index contributed by atoms with van der Waals surface area (Å²) < 4.78 is 32.1. The van der Waals surface area contributed by atoms with Gasteiger partial charge in [0.25, 0.3) is 11.7 Å². The highest BCUT2D eigenvalue weighted by Crippen LogP contribution is 2.43. The molecule has 56 heavy (non-hydrogen) atoms. The first kappa shape index (κ1) is 41.8. The quantitative estimate of drug-likeness (QED) is 0.166. The molecular formula is C39H51FN6O8S2. The van der Waals surface area contributed by atoms with Crippen molar-refractivity contribution in [2.24, 2.45) is 5.73 Å². The van der Waals surface area contributed by atoms with Crippen molar-refractivity contribution in [3.8, 4) is 10.4 Å². The summed E-state index contributed by atoms with van der Waals surface area (Å²) >= 11 is 2.88. The number of alkyl halides is 1. The van der Waals surface area contributed by atoms with Gasteiger partial charge in [-0.05, 0) is 82.8 Å². The van der Waals surface area contributed by atoms with E-state index in [4.69, 9.17) is 19.9 Å². The fourth-order valence-corrected chi connectivity index (χ4v) is 9.47. The number of halogens is 1. The third-order valence-corrected chi connectivity index (χ3v) is 13.5. The second-order valence-corrected chi connectivity index (χ2v) is 17.9. The molecule has 1 aromatic heterocycles. The number of allylic oxidation sites excluding steroid dienone is 2. The number of nitrogens with zero attached hydrogens (tertiary/aromatic N) is 2. The van der Waals surface area contributed by atoms with E-state index in [1.807, 2.05) is 31.2 Å². The van der Waals surface area contributed by atoms with E-state index < -0.39 is 69.9 Å². The number of aliphatic hydroxyl groups excluding tert-OH is 1. The molecule has 6 N–H and O–H groups in total. The van der Waals surface area contributed by atoms with Crippen molar-refractivity contribution in [1.82, 2.24) is 25.8 Å². The van der Waals surface area contributed by atoms with Crippen molar-refractivity contribution in [3.05, 3.63) is 65.3 Å². The number of carbonyl (C=O) groups is 4. The predicted octanol–water partition coefficient (Wildman–Crippen LogP) is 3.27. The number of thiazole rings is 1. The average molecular weight is 815 g/mol. The molecule has 2 aromatic rings. The van der Waals surface area contributed by atoms with Crippen molar-refractivity contribution in [2.45, 2.75) is 106 Å². The summed E-state index contributed by atoms with van der Waals surface area (Å²) in [5, 5.41) is 19.7. The number of hydrogen-bond acceptors (Lipinski definition) is 12. The van der Waals surface area contributed by atoms with Crippen LogP contribution in [0.15, 0.2) is 54.1 Å². The summed E-state index contributed by atoms with van der Waals surface area (Å²) in [6.45, 7) is 6.68. The summed E-state index contributed by atoms with van der Waals surface area (Å²) in [6, 6.07) is 5.42. The van der Waals surface area contributed by atoms with Gasteiger partial charge in [-0.2, -0.15) is 11.8 Å². The molecule has 2 aliphatic heterocycles. The van der Waals surface area contributed by atoms with Crippen LogP contribution in [0.3, 0.4) is 0 Å². The van der Waals surface area contributed by atoms with Crippen molar-refractivity contribution in [2.75, 3.05) is 32.5 Å². The van der Waals surface area contributed by atoms with E-state index in [1.54, 1.807) is 55.0 Å². The van der Waals surface area contributed by atoms with E-state index in [0.717, 1.165) is 21.7 Å². The number of rotatable bonds is 15. The summed E-state index contributed by atoms with van der Waals surface area (Å²) in [4.78, 5) is 60.4. The van der Waals surface area contributed by atoms with Crippen molar-refractivity contribution < 1.29 is 42.9 Å². The number of likely N-dealkylation sites (tertiary alicyclic amines) is 1. The molecule has 5 atom stereocenters. The second kappa shape index (κ2) is 16.9. The van der Waals surface area contributed by atoms with Crippen LogP contribution in [0.1, 0.15) is 57.2 Å². The van der Waals surface area contributed by atoms with Gasteiger partial charge in [-0.1, -0.05) is 36.4 Å². The third kappa shape index (κ3) is 9.29. The van der Waals surface area contributed by atoms with E-state index in [0.29, 0.717) is 25.9 Å². The molecule has 6 rings (SSSR count). The number of primary amides is 1. The van der Waals surface area contributed by atoms with Gasteiger partial charge in [0.15, 0.2) is 5.67 Å². The first-order valence-electron chi connectivity index (χ1n) is 18.8. The summed E-state index contributed by atoms with van der Waals surface area (Å²) in [5.41, 5.74) is 7.09. The number of aliphatic hydroxyl groups is 1. The maximum Gasteiger partial charge on any atom is 0.407 e. The Hall–Kier alpha value is -3.87. The molecule has 3 heterocycles. The minimum atomic E-state index is -2.08. The molecule has 17 heteroatoms. The lowest BCUT2D eigenvalue weighted by molar-refractivity contribution is -0.269. The SMILES string of the molecule is COC1C=CC=CC1(OC(N)=O)OC1(CSC(C)(C)[C@@H](NC(=O)C2(F)CC2)C(=O)N2C[C@H](O)C[C@H]2C(=O)NCc2ccc(-c3scnc3C)cc2)CCNCC1. The number of methoxy groups -OCH3 is 1. The Labute approximate surface area is 334 Å². The number of carbonyl (C=O) groups excluding carboxylic acids is 4. The fraction of sp³-hybridized carbons (Fsp3) is 0.564. The van der Waals surface area contributed by atoms with Crippen LogP contribution < -0.4 is 21.7 Å². The molecule has 2 saturated heterocycles. The lowest BCUT2D eigenvalue weighted by Crippen LogP contribution is -2.62. The van der Waals surface area contributed by atoms with Crippen LogP contribution in [0.2, 0.25) is 0 Å². The predicted molar refractivity (Wildman–Crippen MR) is 210 cm³/mol. The molecule has 0 bridgehead atoms. The minimum absolute atomic E-state index is 0.00300. The fourth-order valence-electron chi connectivity index (χ4n) is 7.35. The second-order valence-electron chi connectivity index (χ2n) is 15.4. The van der Waals surface area contributed by atoms with Gasteiger partial charge in [0, 0.05) is 37.1 Å². The highest BCUT2D eigenvalue weighted by Gasteiger charge is 2.55. The summed E-state index contributed by atoms with van der Waals surface area (Å²) in [6.07, 6.45) is 4.90. The van der Waals surface area contributed by atoms with Crippen molar-refractivity contribution >= 4 is 46.9 Å². The molecule has 3 fully saturated rings. The number of nitrogens with two attached hydrogens (primary N) is 1. The Morgan fingerprint density at radius 3 is 2.50 bits per heavy atom. The van der Waals surface area contributed by atoms with Gasteiger partial charge in [-0.25, -0.2) is 14.2 Å². The number of hydrogen-bond donors (Lipinski definition) is 5. The molecule has 304 valence electrons. The molecule has 1 aromatic carbocycles. The number of aromatic nitrogens is 1. The van der Waals surface area contributed by atoms with E-state index in [-0.39, 0.29) is 38.1 Å². The van der Waals surface area contributed by atoms with E-state index in [1.165, 1.54) is 23.8 Å². The van der Waals surface area contributed by atoms with E-state index >= 15 is 4.39 Å². The number of piperidine rings is 1. The maximum absolute atomic E-state index is 15.2. The van der Waals surface area contributed by atoms with Crippen molar-refractivity contribution in [3.63, 3.8) is 0 Å². The molecule has 0 radical (unpaired) electrons. The average Bonchev–Trinajstić information content (AvgIpc) is 3.58. The van der Waals surface area contributed by atoms with Crippen LogP contribution >= 0.6 is 23.1 Å². The van der Waals surface area contributed by atoms with Gasteiger partial charge in [-0.3, -0.25) is 14.4 Å². The highest BCUT2D eigenvalue weighted by atomic mass is 32.2. The van der Waals surface area contributed by atoms with Gasteiger partial charge in [0.2, 0.25) is 11.8 Å². The third-order valence-electron chi connectivity index (χ3n) is 10.8. The lowest BCUT2D eigenvalue weighted by Gasteiger charge is -2.47. The van der Waals surface area contributed by atoms with Gasteiger partial charge in [0.1, 0.15) is 18.2 Å². The first-order valence-corrected chi connectivity index (χ1v) is 20.6. The summed E-state index contributed by atoms with van der Waals surface area (Å²) in [7, 11) is 1.46. The maximum atomic E-state index is 15.2. The molecule has 2 unspecified atom stereocenters. The Morgan fingerprint density at radius 1 is 1.16 bits per heavy atom. The number of thioether (sulfide) groups is 1. The van der Waals surface area contributed by atoms with Gasteiger partial charge in [0.05, 0.1) is 27.8 Å². The zero-order chi connectivity index (χ0) is 40.3. The molecule has 1 saturated carbocycles. The van der Waals surface area contributed by atoms with Crippen LogP contribution in [0.5, 0.6) is 0 Å². The molecule has 4 aliphatic rings. The molecule has 14 nitrogen and oxygen atoms in total. The minimum Gasteiger partial charge on any atom is -0.410 e. The first-order chi connectivity index (χ1) is 26.6. The van der Waals surface area contributed by atoms with Crippen LogP contribution in [0.25, 0.3) is 10.4 Å². The molecular weight excluding hydrogens is 764 g/mol. The zero-order valence-electron chi connectivity index (χ0n) is 32.0. The number of β-amino-alcohol motifs (C(OH)–C–C–N with tert-alkyl or cyclic N) is 1. The van der Waals surface area contributed by atoms with Crippen LogP contribution in [0, 0.1) is 6.92 Å². The number of ether oxygens (including phenoxy) is 3. The Kier molecular flexibility index (Phi) is 12.6. The topological polar surface area (TPSA) is 194 Å². The van der Waals surface area contributed by atoms with Gasteiger partial charge < -0.3 is 45.9 Å². The molecule has 4 amide bonds. The molecule has 2 aliphatic carbocycles. The van der Waals surface area contributed by atoms with Crippen LogP contribution in [-0.2, 0) is 35.1 Å². The summed E-state index contributed by atoms with van der Waals surface area (Å²) in [5.74, 6) is -3.39. The Bertz CT molecular complexity index is 1830. The Balaban J connectivity index is 1.20. The van der Waals surface area contributed by atoms with Crippen LogP contribution in [-0.4, -0.2) is 117 Å². The number of aryl methyl sites for hydroxylation is 1. The number of amides is 4. The van der Waals surface area contributed by atoms with E-state index in [2.05, 4.69) is 20.9 Å². The number of benzene rings is 1. The van der Waals surface area contributed by atoms with Gasteiger partial charge in [-0.15, -0.1) is 11.3 Å². The standard InChI is InChI=1S/C39H51FN6O8S2/c1-24-30(55-23-44-24)26-10-8-25(9-11-26)20-43-32(48)28-19-27(47)21-46(28)33(49)31(45-34(50)38(40)13-14-38)36(2,3)56-22-37(15-17-42-18-16-37)54-39(53-35(41)51)12-6-5-7-29(39)52-4/h5-12,23,27-29,31,42,47H,13-22H2,1-4H3,(H2,41,51)(H,43,48)(H,45,50)/t27-,28+,29?,31+,39?/m1/s1. The highest BCUT2D eigenvalue weighted by molar-refractivity contribution is 8.00. The zero-order valence-corrected chi connectivity index (χ0v) is 33.7.